The Labute approximate surface area is 205 Å². The van der Waals surface area contributed by atoms with Crippen molar-refractivity contribution >= 4 is 17.4 Å². The normalized spacial score (nSPS) is 35.5. The number of methoxy groups -OCH3 is 1. The number of amides is 1. The maximum absolute atomic E-state index is 13.1. The van der Waals surface area contributed by atoms with E-state index in [2.05, 4.69) is 39.3 Å². The van der Waals surface area contributed by atoms with Gasteiger partial charge in [-0.25, -0.2) is 10.4 Å². The Morgan fingerprint density at radius 3 is 2.83 bits per heavy atom. The lowest BCUT2D eigenvalue weighted by Crippen LogP contribution is -2.37. The number of ether oxygens (including phenoxy) is 2. The van der Waals surface area contributed by atoms with E-state index in [1.165, 1.54) is 12.0 Å². The standard InChI is InChI=1S/C27H33N5O3/c1-34-18-4-6-22-20(13-18)27(26(33)29-22)14-21(27)16-2-5-19-23(12-16)30-31-25(19)17-3-7-24(28-15-17)32-8-10-35-11-9-32/h3-4,6-7,13,15-16,19,21,23,25,30-31H,2,5,8-12,14H2,1H3,(H,29,33)/t16?,19?,21-,23?,25?,27-/m0/s1. The third-order valence-corrected chi connectivity index (χ3v) is 9.21. The number of fused-ring (bicyclic) bond motifs is 3. The van der Waals surface area contributed by atoms with Crippen LogP contribution in [0.2, 0.25) is 0 Å². The van der Waals surface area contributed by atoms with Gasteiger partial charge in [0.2, 0.25) is 5.91 Å². The highest BCUT2D eigenvalue weighted by Gasteiger charge is 2.67. The molecule has 8 nitrogen and oxygen atoms in total. The van der Waals surface area contributed by atoms with Crippen LogP contribution in [0.1, 0.15) is 42.9 Å². The van der Waals surface area contributed by atoms with Crippen molar-refractivity contribution in [3.8, 4) is 5.75 Å². The van der Waals surface area contributed by atoms with Gasteiger partial charge in [-0.1, -0.05) is 6.07 Å². The fourth-order valence-corrected chi connectivity index (χ4v) is 7.26. The predicted octanol–water partition coefficient (Wildman–Crippen LogP) is 2.77. The first-order valence-electron chi connectivity index (χ1n) is 13.0. The molecule has 2 aromatic rings. The van der Waals surface area contributed by atoms with Gasteiger partial charge in [0.15, 0.2) is 0 Å². The number of hydrogen-bond donors (Lipinski definition) is 3. The SMILES string of the molecule is COc1ccc2c(c1)[C@]1(C[C@H]1C1CCC3C(C1)NNC3c1ccc(N3CCOCC3)nc1)C(=O)N2. The van der Waals surface area contributed by atoms with Gasteiger partial charge in [-0.05, 0) is 78.8 Å². The van der Waals surface area contributed by atoms with Crippen molar-refractivity contribution in [1.82, 2.24) is 15.8 Å². The predicted molar refractivity (Wildman–Crippen MR) is 132 cm³/mol. The fourth-order valence-electron chi connectivity index (χ4n) is 7.26. The summed E-state index contributed by atoms with van der Waals surface area (Å²) in [6, 6.07) is 11.1. The van der Waals surface area contributed by atoms with Crippen LogP contribution >= 0.6 is 0 Å². The molecule has 35 heavy (non-hydrogen) atoms. The Morgan fingerprint density at radius 1 is 1.14 bits per heavy atom. The van der Waals surface area contributed by atoms with E-state index in [9.17, 15) is 4.79 Å². The molecule has 1 aromatic carbocycles. The van der Waals surface area contributed by atoms with Crippen LogP contribution in [0.15, 0.2) is 36.5 Å². The number of carbonyl (C=O) groups is 1. The van der Waals surface area contributed by atoms with Crippen LogP contribution in [0.25, 0.3) is 0 Å². The summed E-state index contributed by atoms with van der Waals surface area (Å²) in [5, 5.41) is 3.13. The summed E-state index contributed by atoms with van der Waals surface area (Å²) in [6.07, 6.45) is 6.42. The van der Waals surface area contributed by atoms with Gasteiger partial charge in [-0.2, -0.15) is 0 Å². The van der Waals surface area contributed by atoms with Crippen molar-refractivity contribution in [1.29, 1.82) is 0 Å². The molecular weight excluding hydrogens is 442 g/mol. The smallest absolute Gasteiger partial charge is 0.235 e. The number of aromatic nitrogens is 1. The molecule has 1 aromatic heterocycles. The Morgan fingerprint density at radius 2 is 2.03 bits per heavy atom. The van der Waals surface area contributed by atoms with Crippen LogP contribution in [-0.2, 0) is 14.9 Å². The monoisotopic (exact) mass is 475 g/mol. The van der Waals surface area contributed by atoms with E-state index < -0.39 is 0 Å². The van der Waals surface area contributed by atoms with Gasteiger partial charge in [0.05, 0.1) is 31.8 Å². The molecule has 2 saturated heterocycles. The van der Waals surface area contributed by atoms with Gasteiger partial charge < -0.3 is 19.7 Å². The lowest BCUT2D eigenvalue weighted by Gasteiger charge is -2.34. The highest BCUT2D eigenvalue weighted by atomic mass is 16.5. The van der Waals surface area contributed by atoms with Gasteiger partial charge in [-0.15, -0.1) is 0 Å². The number of hydrogen-bond acceptors (Lipinski definition) is 7. The van der Waals surface area contributed by atoms with Gasteiger partial charge in [0.25, 0.3) is 0 Å². The van der Waals surface area contributed by atoms with Crippen LogP contribution in [-0.4, -0.2) is 50.3 Å². The minimum Gasteiger partial charge on any atom is -0.497 e. The molecule has 4 fully saturated rings. The van der Waals surface area contributed by atoms with E-state index in [1.807, 2.05) is 18.3 Å². The molecule has 3 N–H and O–H groups in total. The molecule has 7 rings (SSSR count). The van der Waals surface area contributed by atoms with E-state index in [1.54, 1.807) is 7.11 Å². The zero-order valence-electron chi connectivity index (χ0n) is 20.1. The number of hydrazine groups is 1. The largest absolute Gasteiger partial charge is 0.497 e. The van der Waals surface area contributed by atoms with Crippen LogP contribution < -0.4 is 25.8 Å². The van der Waals surface area contributed by atoms with E-state index in [4.69, 9.17) is 14.5 Å². The van der Waals surface area contributed by atoms with E-state index >= 15 is 0 Å². The van der Waals surface area contributed by atoms with Crippen molar-refractivity contribution in [2.24, 2.45) is 17.8 Å². The molecule has 0 radical (unpaired) electrons. The highest BCUT2D eigenvalue weighted by molar-refractivity contribution is 6.09. The molecule has 3 aliphatic heterocycles. The number of anilines is 2. The zero-order chi connectivity index (χ0) is 23.6. The van der Waals surface area contributed by atoms with Gasteiger partial charge in [0.1, 0.15) is 11.6 Å². The lowest BCUT2D eigenvalue weighted by molar-refractivity contribution is -0.118. The highest BCUT2D eigenvalue weighted by Crippen LogP contribution is 2.65. The summed E-state index contributed by atoms with van der Waals surface area (Å²) in [5.41, 5.74) is 10.2. The quantitative estimate of drug-likeness (QED) is 0.627. The molecule has 6 atom stereocenters. The van der Waals surface area contributed by atoms with E-state index in [-0.39, 0.29) is 17.4 Å². The minimum absolute atomic E-state index is 0.176. The second kappa shape index (κ2) is 8.18. The van der Waals surface area contributed by atoms with Crippen LogP contribution in [0, 0.1) is 17.8 Å². The molecule has 2 saturated carbocycles. The molecule has 184 valence electrons. The van der Waals surface area contributed by atoms with E-state index in [0.29, 0.717) is 23.8 Å². The van der Waals surface area contributed by atoms with Crippen molar-refractivity contribution in [3.63, 3.8) is 0 Å². The summed E-state index contributed by atoms with van der Waals surface area (Å²) in [4.78, 5) is 20.1. The number of carbonyl (C=O) groups excluding carboxylic acids is 1. The second-order valence-electron chi connectivity index (χ2n) is 10.8. The molecule has 4 unspecified atom stereocenters. The Balaban J connectivity index is 1.04. The molecule has 5 aliphatic rings. The van der Waals surface area contributed by atoms with Crippen LogP contribution in [0.3, 0.4) is 0 Å². The summed E-state index contributed by atoms with van der Waals surface area (Å²) in [5.74, 6) is 3.54. The maximum Gasteiger partial charge on any atom is 0.235 e. The average molecular weight is 476 g/mol. The lowest BCUT2D eigenvalue weighted by atomic mass is 9.72. The summed E-state index contributed by atoms with van der Waals surface area (Å²) >= 11 is 0. The molecule has 2 aliphatic carbocycles. The fraction of sp³-hybridized carbons (Fsp3) is 0.556. The Kier molecular flexibility index (Phi) is 5.05. The second-order valence-corrected chi connectivity index (χ2v) is 10.8. The molecular formula is C27H33N5O3. The minimum atomic E-state index is -0.355. The van der Waals surface area contributed by atoms with Crippen molar-refractivity contribution in [2.45, 2.75) is 43.2 Å². The Bertz CT molecular complexity index is 1130. The molecule has 0 bridgehead atoms. The van der Waals surface area contributed by atoms with Crippen molar-refractivity contribution in [2.75, 3.05) is 43.6 Å². The van der Waals surface area contributed by atoms with Gasteiger partial charge >= 0.3 is 0 Å². The number of nitrogens with one attached hydrogen (secondary N) is 3. The first kappa shape index (κ1) is 21.6. The van der Waals surface area contributed by atoms with Crippen molar-refractivity contribution < 1.29 is 14.3 Å². The van der Waals surface area contributed by atoms with Crippen LogP contribution in [0.5, 0.6) is 5.75 Å². The molecule has 4 heterocycles. The number of rotatable bonds is 4. The van der Waals surface area contributed by atoms with Gasteiger partial charge in [0, 0.05) is 31.0 Å². The maximum atomic E-state index is 13.1. The molecule has 8 heteroatoms. The summed E-state index contributed by atoms with van der Waals surface area (Å²) in [7, 11) is 1.69. The number of morpholine rings is 1. The van der Waals surface area contributed by atoms with Crippen LogP contribution in [0.4, 0.5) is 11.5 Å². The van der Waals surface area contributed by atoms with Gasteiger partial charge in [-0.3, -0.25) is 10.2 Å². The topological polar surface area (TPSA) is 87.8 Å². The zero-order valence-corrected chi connectivity index (χ0v) is 20.1. The number of nitrogens with zero attached hydrogens (tertiary/aromatic N) is 2. The number of pyridine rings is 1. The number of benzene rings is 1. The first-order valence-corrected chi connectivity index (χ1v) is 13.0. The average Bonchev–Trinajstić information content (AvgIpc) is 3.44. The third kappa shape index (κ3) is 3.37. The van der Waals surface area contributed by atoms with E-state index in [0.717, 1.165) is 68.4 Å². The molecule has 1 amide bonds. The Hall–Kier alpha value is -2.68. The summed E-state index contributed by atoms with van der Waals surface area (Å²) in [6.45, 7) is 3.34. The van der Waals surface area contributed by atoms with Crippen molar-refractivity contribution in [3.05, 3.63) is 47.7 Å². The molecule has 1 spiro atoms. The summed E-state index contributed by atoms with van der Waals surface area (Å²) < 4.78 is 10.9. The first-order chi connectivity index (χ1) is 17.2. The third-order valence-electron chi connectivity index (χ3n) is 9.21.